The van der Waals surface area contributed by atoms with Crippen LogP contribution in [0.15, 0.2) is 30.3 Å². The number of pyridine rings is 1. The van der Waals surface area contributed by atoms with Crippen molar-refractivity contribution < 1.29 is 4.74 Å². The topological polar surface area (TPSA) is 34.1 Å². The number of hydrogen-bond donors (Lipinski definition) is 1. The molecule has 3 heteroatoms. The molecule has 0 unspecified atom stereocenters. The molecule has 1 N–H and O–H groups in total. The maximum Gasteiger partial charge on any atom is 0.221 e. The summed E-state index contributed by atoms with van der Waals surface area (Å²) in [5.74, 6) is 0.735. The van der Waals surface area contributed by atoms with Gasteiger partial charge in [0.1, 0.15) is 0 Å². The molecule has 0 radical (unpaired) electrons. The molecular weight excluding hydrogens is 212 g/mol. The van der Waals surface area contributed by atoms with Gasteiger partial charge >= 0.3 is 0 Å². The Labute approximate surface area is 102 Å². The van der Waals surface area contributed by atoms with E-state index in [0.717, 1.165) is 30.0 Å². The first kappa shape index (κ1) is 11.9. The summed E-state index contributed by atoms with van der Waals surface area (Å²) >= 11 is 0. The summed E-state index contributed by atoms with van der Waals surface area (Å²) in [6.45, 7) is 6.43. The molecular formula is C14H18N2O. The molecule has 0 aliphatic heterocycles. The van der Waals surface area contributed by atoms with Crippen LogP contribution >= 0.6 is 0 Å². The predicted molar refractivity (Wildman–Crippen MR) is 70.3 cm³/mol. The first-order chi connectivity index (χ1) is 8.35. The second-order valence-electron chi connectivity index (χ2n) is 3.85. The number of fused-ring (bicyclic) bond motifs is 1. The maximum absolute atomic E-state index is 5.60. The van der Waals surface area contributed by atoms with Gasteiger partial charge in [-0.25, -0.2) is 4.98 Å². The molecule has 1 aromatic carbocycles. The van der Waals surface area contributed by atoms with Gasteiger partial charge in [0, 0.05) is 11.9 Å². The molecule has 0 atom stereocenters. The minimum Gasteiger partial charge on any atom is -0.478 e. The van der Waals surface area contributed by atoms with Gasteiger partial charge in [-0.15, -0.1) is 0 Å². The number of hydrogen-bond acceptors (Lipinski definition) is 3. The minimum absolute atomic E-state index is 0.641. The van der Waals surface area contributed by atoms with E-state index < -0.39 is 0 Å². The zero-order valence-corrected chi connectivity index (χ0v) is 10.4. The van der Waals surface area contributed by atoms with E-state index in [1.165, 1.54) is 5.39 Å². The summed E-state index contributed by atoms with van der Waals surface area (Å²) in [5.41, 5.74) is 1.02. The molecule has 0 amide bonds. The molecule has 1 aromatic heterocycles. The van der Waals surface area contributed by atoms with Gasteiger partial charge in [0.25, 0.3) is 0 Å². The normalized spacial score (nSPS) is 10.7. The van der Waals surface area contributed by atoms with E-state index >= 15 is 0 Å². The van der Waals surface area contributed by atoms with Gasteiger partial charge in [-0.2, -0.15) is 0 Å². The molecule has 0 bridgehead atoms. The molecule has 3 nitrogen and oxygen atoms in total. The Bertz CT molecular complexity index is 497. The fourth-order valence-electron chi connectivity index (χ4n) is 1.81. The van der Waals surface area contributed by atoms with Gasteiger partial charge in [0.2, 0.25) is 5.88 Å². The van der Waals surface area contributed by atoms with Gasteiger partial charge in [0.05, 0.1) is 12.3 Å². The Balaban J connectivity index is 2.43. The average Bonchev–Trinajstić information content (AvgIpc) is 2.37. The highest BCUT2D eigenvalue weighted by molar-refractivity contribution is 5.87. The lowest BCUT2D eigenvalue weighted by Gasteiger charge is -2.09. The number of nitrogens with one attached hydrogen (secondary N) is 1. The van der Waals surface area contributed by atoms with Crippen LogP contribution in [0.3, 0.4) is 0 Å². The van der Waals surface area contributed by atoms with E-state index in [9.17, 15) is 0 Å². The van der Waals surface area contributed by atoms with Gasteiger partial charge in [-0.05, 0) is 31.0 Å². The van der Waals surface area contributed by atoms with Crippen LogP contribution in [0.4, 0.5) is 0 Å². The van der Waals surface area contributed by atoms with E-state index in [1.807, 2.05) is 25.1 Å². The lowest BCUT2D eigenvalue weighted by atomic mass is 10.1. The van der Waals surface area contributed by atoms with Crippen molar-refractivity contribution in [1.82, 2.24) is 10.3 Å². The Morgan fingerprint density at radius 3 is 2.82 bits per heavy atom. The quantitative estimate of drug-likeness (QED) is 0.857. The van der Waals surface area contributed by atoms with Crippen LogP contribution in [0.5, 0.6) is 5.88 Å². The summed E-state index contributed by atoms with van der Waals surface area (Å²) in [7, 11) is 0. The van der Waals surface area contributed by atoms with E-state index in [2.05, 4.69) is 29.4 Å². The molecule has 0 saturated heterocycles. The Kier molecular flexibility index (Phi) is 3.94. The zero-order valence-electron chi connectivity index (χ0n) is 10.4. The van der Waals surface area contributed by atoms with Gasteiger partial charge in [-0.3, -0.25) is 0 Å². The molecule has 17 heavy (non-hydrogen) atoms. The molecule has 90 valence electrons. The highest BCUT2D eigenvalue weighted by Crippen LogP contribution is 2.24. The van der Waals surface area contributed by atoms with Crippen LogP contribution in [0.2, 0.25) is 0 Å². The monoisotopic (exact) mass is 230 g/mol. The minimum atomic E-state index is 0.641. The maximum atomic E-state index is 5.60. The van der Waals surface area contributed by atoms with Gasteiger partial charge < -0.3 is 10.1 Å². The van der Waals surface area contributed by atoms with Crippen molar-refractivity contribution in [1.29, 1.82) is 0 Å². The lowest BCUT2D eigenvalue weighted by Crippen LogP contribution is -2.13. The van der Waals surface area contributed by atoms with Crippen molar-refractivity contribution >= 4 is 10.8 Å². The van der Waals surface area contributed by atoms with Crippen LogP contribution in [-0.4, -0.2) is 18.1 Å². The van der Waals surface area contributed by atoms with Crippen LogP contribution in [-0.2, 0) is 6.54 Å². The van der Waals surface area contributed by atoms with Crippen molar-refractivity contribution in [2.45, 2.75) is 20.4 Å². The van der Waals surface area contributed by atoms with E-state index in [-0.39, 0.29) is 0 Å². The SMILES string of the molecule is CCNCc1cc2ccccc2c(OCC)n1. The van der Waals surface area contributed by atoms with Crippen molar-refractivity contribution in [2.75, 3.05) is 13.2 Å². The molecule has 0 fully saturated rings. The van der Waals surface area contributed by atoms with Crippen LogP contribution < -0.4 is 10.1 Å². The fourth-order valence-corrected chi connectivity index (χ4v) is 1.81. The summed E-state index contributed by atoms with van der Waals surface area (Å²) in [6, 6.07) is 10.3. The summed E-state index contributed by atoms with van der Waals surface area (Å²) in [5, 5.41) is 5.54. The number of rotatable bonds is 5. The van der Waals surface area contributed by atoms with Crippen LogP contribution in [0.25, 0.3) is 10.8 Å². The molecule has 2 aromatic rings. The summed E-state index contributed by atoms with van der Waals surface area (Å²) < 4.78 is 5.60. The Morgan fingerprint density at radius 1 is 1.24 bits per heavy atom. The molecule has 1 heterocycles. The number of nitrogens with zero attached hydrogens (tertiary/aromatic N) is 1. The third-order valence-electron chi connectivity index (χ3n) is 2.60. The molecule has 0 saturated carbocycles. The molecule has 2 rings (SSSR count). The highest BCUT2D eigenvalue weighted by atomic mass is 16.5. The van der Waals surface area contributed by atoms with E-state index in [4.69, 9.17) is 4.74 Å². The second kappa shape index (κ2) is 5.64. The van der Waals surface area contributed by atoms with E-state index in [0.29, 0.717) is 6.61 Å². The third-order valence-corrected chi connectivity index (χ3v) is 2.60. The van der Waals surface area contributed by atoms with Crippen LogP contribution in [0, 0.1) is 0 Å². The summed E-state index contributed by atoms with van der Waals surface area (Å²) in [6.07, 6.45) is 0. The number of benzene rings is 1. The van der Waals surface area contributed by atoms with Crippen molar-refractivity contribution in [3.8, 4) is 5.88 Å². The van der Waals surface area contributed by atoms with Crippen molar-refractivity contribution in [3.63, 3.8) is 0 Å². The second-order valence-corrected chi connectivity index (χ2v) is 3.85. The third kappa shape index (κ3) is 2.74. The van der Waals surface area contributed by atoms with Crippen molar-refractivity contribution in [3.05, 3.63) is 36.0 Å². The van der Waals surface area contributed by atoms with Crippen LogP contribution in [0.1, 0.15) is 19.5 Å². The average molecular weight is 230 g/mol. The van der Waals surface area contributed by atoms with Crippen molar-refractivity contribution in [2.24, 2.45) is 0 Å². The first-order valence-electron chi connectivity index (χ1n) is 6.07. The van der Waals surface area contributed by atoms with E-state index in [1.54, 1.807) is 0 Å². The summed E-state index contributed by atoms with van der Waals surface area (Å²) in [4.78, 5) is 4.54. The standard InChI is InChI=1S/C14H18N2O/c1-3-15-10-12-9-11-7-5-6-8-13(11)14(16-12)17-4-2/h5-9,15H,3-4,10H2,1-2H3. The Morgan fingerprint density at radius 2 is 2.06 bits per heavy atom. The predicted octanol–water partition coefficient (Wildman–Crippen LogP) is 2.74. The number of aromatic nitrogens is 1. The zero-order chi connectivity index (χ0) is 12.1. The van der Waals surface area contributed by atoms with Gasteiger partial charge in [-0.1, -0.05) is 25.1 Å². The fraction of sp³-hybridized carbons (Fsp3) is 0.357. The molecule has 0 aliphatic rings. The first-order valence-corrected chi connectivity index (χ1v) is 6.07. The number of ether oxygens (including phenoxy) is 1. The largest absolute Gasteiger partial charge is 0.478 e. The smallest absolute Gasteiger partial charge is 0.221 e. The lowest BCUT2D eigenvalue weighted by molar-refractivity contribution is 0.330. The highest BCUT2D eigenvalue weighted by Gasteiger charge is 2.05. The van der Waals surface area contributed by atoms with Gasteiger partial charge in [0.15, 0.2) is 0 Å². The Hall–Kier alpha value is -1.61. The molecule has 0 aliphatic carbocycles. The molecule has 0 spiro atoms.